The van der Waals surface area contributed by atoms with Crippen LogP contribution in [0, 0.1) is 0 Å². The molecule has 0 spiro atoms. The molecule has 1 aromatic rings. The van der Waals surface area contributed by atoms with Crippen LogP contribution >= 0.6 is 12.4 Å². The molecule has 0 bridgehead atoms. The van der Waals surface area contributed by atoms with Gasteiger partial charge in [-0.25, -0.2) is 4.79 Å². The van der Waals surface area contributed by atoms with Gasteiger partial charge in [0.25, 0.3) is 0 Å². The zero-order chi connectivity index (χ0) is 12.2. The molecule has 0 saturated heterocycles. The number of anilines is 1. The smallest absolute Gasteiger partial charge is 0.328 e. The first kappa shape index (κ1) is 15.8. The first-order chi connectivity index (χ1) is 7.38. The highest BCUT2D eigenvalue weighted by Crippen LogP contribution is 2.11. The lowest BCUT2D eigenvalue weighted by molar-refractivity contribution is -0.155. The molecule has 4 heteroatoms. The topological polar surface area (TPSA) is 38.3 Å². The number of carbonyl (C=O) groups is 1. The summed E-state index contributed by atoms with van der Waals surface area (Å²) in [4.78, 5) is 11.7. The predicted molar refractivity (Wildman–Crippen MR) is 72.6 cm³/mol. The van der Waals surface area contributed by atoms with E-state index in [-0.39, 0.29) is 24.4 Å². The van der Waals surface area contributed by atoms with Crippen molar-refractivity contribution in [1.82, 2.24) is 0 Å². The van der Waals surface area contributed by atoms with E-state index in [9.17, 15) is 4.79 Å². The summed E-state index contributed by atoms with van der Waals surface area (Å²) in [5.74, 6) is -0.239. The molecule has 17 heavy (non-hydrogen) atoms. The Balaban J connectivity index is 0.00000256. The van der Waals surface area contributed by atoms with Crippen LogP contribution in [-0.2, 0) is 9.53 Å². The Kier molecular flexibility index (Phi) is 6.03. The average molecular weight is 258 g/mol. The highest BCUT2D eigenvalue weighted by atomic mass is 35.5. The molecule has 1 rings (SSSR count). The average Bonchev–Trinajstić information content (AvgIpc) is 2.16. The summed E-state index contributed by atoms with van der Waals surface area (Å²) in [7, 11) is 0. The Morgan fingerprint density at radius 2 is 1.76 bits per heavy atom. The molecule has 1 atom stereocenters. The molecule has 0 fully saturated rings. The second-order valence-electron chi connectivity index (χ2n) is 4.77. The minimum atomic E-state index is -0.441. The summed E-state index contributed by atoms with van der Waals surface area (Å²) in [6, 6.07) is 9.26. The van der Waals surface area contributed by atoms with Crippen LogP contribution in [0.1, 0.15) is 27.7 Å². The monoisotopic (exact) mass is 257 g/mol. The maximum Gasteiger partial charge on any atom is 0.328 e. The van der Waals surface area contributed by atoms with Crippen molar-refractivity contribution < 1.29 is 9.53 Å². The third-order valence-corrected chi connectivity index (χ3v) is 1.92. The van der Waals surface area contributed by atoms with Crippen molar-refractivity contribution in [1.29, 1.82) is 0 Å². The number of benzene rings is 1. The van der Waals surface area contributed by atoms with Gasteiger partial charge in [-0.3, -0.25) is 0 Å². The summed E-state index contributed by atoms with van der Waals surface area (Å²) in [5.41, 5.74) is 0.477. The number of hydrogen-bond donors (Lipinski definition) is 1. The standard InChI is InChI=1S/C13H19NO2.ClH/c1-10(12(15)16-13(2,3)4)14-11-8-6-5-7-9-11;/h5-10,14H,1-4H3;1H/t10-;/m0./s1. The van der Waals surface area contributed by atoms with Gasteiger partial charge in [-0.2, -0.15) is 0 Å². The van der Waals surface area contributed by atoms with E-state index in [0.717, 1.165) is 5.69 Å². The van der Waals surface area contributed by atoms with Crippen molar-refractivity contribution in [2.24, 2.45) is 0 Å². The molecule has 1 N–H and O–H groups in total. The fraction of sp³-hybridized carbons (Fsp3) is 0.462. The largest absolute Gasteiger partial charge is 0.458 e. The molecule has 96 valence electrons. The van der Waals surface area contributed by atoms with Gasteiger partial charge in [0.05, 0.1) is 0 Å². The van der Waals surface area contributed by atoms with E-state index in [4.69, 9.17) is 4.74 Å². The van der Waals surface area contributed by atoms with Crippen LogP contribution in [0.25, 0.3) is 0 Å². The molecule has 0 aliphatic carbocycles. The van der Waals surface area contributed by atoms with Gasteiger partial charge in [0.2, 0.25) is 0 Å². The molecular formula is C13H20ClNO2. The zero-order valence-corrected chi connectivity index (χ0v) is 11.5. The summed E-state index contributed by atoms with van der Waals surface area (Å²) in [6.07, 6.45) is 0. The van der Waals surface area contributed by atoms with Crippen LogP contribution in [-0.4, -0.2) is 17.6 Å². The van der Waals surface area contributed by atoms with Crippen LogP contribution in [0.5, 0.6) is 0 Å². The lowest BCUT2D eigenvalue weighted by Gasteiger charge is -2.23. The molecule has 0 saturated carbocycles. The normalized spacial score (nSPS) is 12.2. The van der Waals surface area contributed by atoms with Gasteiger partial charge in [0, 0.05) is 5.69 Å². The van der Waals surface area contributed by atoms with Crippen molar-refractivity contribution >= 4 is 24.1 Å². The Hall–Kier alpha value is -1.22. The Morgan fingerprint density at radius 3 is 2.24 bits per heavy atom. The number of esters is 1. The number of halogens is 1. The quantitative estimate of drug-likeness (QED) is 0.845. The van der Waals surface area contributed by atoms with E-state index in [2.05, 4.69) is 5.32 Å². The molecule has 1 aromatic carbocycles. The van der Waals surface area contributed by atoms with E-state index in [1.54, 1.807) is 6.92 Å². The van der Waals surface area contributed by atoms with Gasteiger partial charge in [-0.15, -0.1) is 12.4 Å². The summed E-state index contributed by atoms with van der Waals surface area (Å²) >= 11 is 0. The molecule has 3 nitrogen and oxygen atoms in total. The van der Waals surface area contributed by atoms with Crippen molar-refractivity contribution in [3.05, 3.63) is 30.3 Å². The first-order valence-corrected chi connectivity index (χ1v) is 5.43. The van der Waals surface area contributed by atoms with Crippen LogP contribution < -0.4 is 5.32 Å². The van der Waals surface area contributed by atoms with Gasteiger partial charge in [0.1, 0.15) is 11.6 Å². The lowest BCUT2D eigenvalue weighted by atomic mass is 10.2. The molecule has 0 heterocycles. The predicted octanol–water partition coefficient (Wildman–Crippen LogP) is 3.25. The molecule has 0 aromatic heterocycles. The summed E-state index contributed by atoms with van der Waals surface area (Å²) in [6.45, 7) is 7.38. The number of nitrogens with one attached hydrogen (secondary N) is 1. The Labute approximate surface area is 109 Å². The molecule has 0 radical (unpaired) electrons. The fourth-order valence-electron chi connectivity index (χ4n) is 1.23. The van der Waals surface area contributed by atoms with Gasteiger partial charge in [0.15, 0.2) is 0 Å². The molecule has 0 aliphatic rings. The van der Waals surface area contributed by atoms with E-state index in [1.807, 2.05) is 51.1 Å². The number of para-hydroxylation sites is 1. The van der Waals surface area contributed by atoms with Crippen LogP contribution in [0.3, 0.4) is 0 Å². The van der Waals surface area contributed by atoms with Crippen LogP contribution in [0.2, 0.25) is 0 Å². The minimum Gasteiger partial charge on any atom is -0.458 e. The third kappa shape index (κ3) is 6.17. The van der Waals surface area contributed by atoms with Crippen molar-refractivity contribution in [2.75, 3.05) is 5.32 Å². The number of hydrogen-bond acceptors (Lipinski definition) is 3. The Morgan fingerprint density at radius 1 is 1.24 bits per heavy atom. The molecular weight excluding hydrogens is 238 g/mol. The zero-order valence-electron chi connectivity index (χ0n) is 10.7. The number of rotatable bonds is 3. The van der Waals surface area contributed by atoms with Gasteiger partial charge in [-0.1, -0.05) is 18.2 Å². The minimum absolute atomic E-state index is 0. The maximum atomic E-state index is 11.7. The highest BCUT2D eigenvalue weighted by molar-refractivity contribution is 5.85. The summed E-state index contributed by atoms with van der Waals surface area (Å²) < 4.78 is 5.27. The molecule has 0 amide bonds. The van der Waals surface area contributed by atoms with Gasteiger partial charge >= 0.3 is 5.97 Å². The van der Waals surface area contributed by atoms with E-state index < -0.39 is 5.60 Å². The first-order valence-electron chi connectivity index (χ1n) is 5.43. The van der Waals surface area contributed by atoms with Crippen molar-refractivity contribution in [3.8, 4) is 0 Å². The highest BCUT2D eigenvalue weighted by Gasteiger charge is 2.21. The van der Waals surface area contributed by atoms with Crippen molar-refractivity contribution in [3.63, 3.8) is 0 Å². The maximum absolute atomic E-state index is 11.7. The lowest BCUT2D eigenvalue weighted by Crippen LogP contribution is -2.34. The molecule has 0 aliphatic heterocycles. The van der Waals surface area contributed by atoms with Crippen molar-refractivity contribution in [2.45, 2.75) is 39.3 Å². The van der Waals surface area contributed by atoms with Crippen LogP contribution in [0.4, 0.5) is 5.69 Å². The van der Waals surface area contributed by atoms with Gasteiger partial charge < -0.3 is 10.1 Å². The number of ether oxygens (including phenoxy) is 1. The second-order valence-corrected chi connectivity index (χ2v) is 4.77. The SMILES string of the molecule is C[C@H](Nc1ccccc1)C(=O)OC(C)(C)C.Cl. The second kappa shape index (κ2) is 6.50. The Bertz CT molecular complexity index is 346. The van der Waals surface area contributed by atoms with E-state index in [1.165, 1.54) is 0 Å². The summed E-state index contributed by atoms with van der Waals surface area (Å²) in [5, 5.41) is 3.09. The molecule has 0 unspecified atom stereocenters. The van der Waals surface area contributed by atoms with E-state index in [0.29, 0.717) is 0 Å². The van der Waals surface area contributed by atoms with Gasteiger partial charge in [-0.05, 0) is 39.8 Å². The van der Waals surface area contributed by atoms with E-state index >= 15 is 0 Å². The number of carbonyl (C=O) groups excluding carboxylic acids is 1. The fourth-order valence-corrected chi connectivity index (χ4v) is 1.23. The third-order valence-electron chi connectivity index (χ3n) is 1.92. The van der Waals surface area contributed by atoms with Crippen LogP contribution in [0.15, 0.2) is 30.3 Å².